The van der Waals surface area contributed by atoms with Gasteiger partial charge in [-0.15, -0.1) is 0 Å². The van der Waals surface area contributed by atoms with E-state index in [9.17, 15) is 0 Å². The van der Waals surface area contributed by atoms with E-state index in [2.05, 4.69) is 107 Å². The number of furan rings is 1. The van der Waals surface area contributed by atoms with Crippen LogP contribution < -0.4 is 4.74 Å². The van der Waals surface area contributed by atoms with Gasteiger partial charge in [0.15, 0.2) is 0 Å². The Hall–Kier alpha value is -6.46. The molecular weight excluding hydrogens is 590 g/mol. The van der Waals surface area contributed by atoms with Crippen molar-refractivity contribution in [1.29, 1.82) is 0 Å². The maximum atomic E-state index is 6.51. The van der Waals surface area contributed by atoms with Crippen LogP contribution in [-0.2, 0) is 6.67 Å². The first-order chi connectivity index (χ1) is 23.7. The Labute approximate surface area is 275 Å². The van der Waals surface area contributed by atoms with Crippen molar-refractivity contribution in [3.05, 3.63) is 151 Å². The first kappa shape index (κ1) is 26.7. The third kappa shape index (κ3) is 3.91. The zero-order chi connectivity index (χ0) is 31.8. The number of rotatable bonds is 4. The molecule has 0 N–H and O–H groups in total. The minimum atomic E-state index is 0.338. The van der Waals surface area contributed by atoms with Gasteiger partial charge in [-0.1, -0.05) is 109 Å². The molecule has 9 aromatic rings. The van der Waals surface area contributed by atoms with E-state index in [4.69, 9.17) is 14.1 Å². The van der Waals surface area contributed by atoms with Gasteiger partial charge in [0.2, 0.25) is 5.90 Å². The van der Waals surface area contributed by atoms with E-state index >= 15 is 0 Å². The second kappa shape index (κ2) is 10.3. The van der Waals surface area contributed by atoms with Gasteiger partial charge in [-0.2, -0.15) is 0 Å². The van der Waals surface area contributed by atoms with Gasteiger partial charge in [-0.05, 0) is 53.2 Å². The largest absolute Gasteiger partial charge is 0.456 e. The van der Waals surface area contributed by atoms with E-state index in [1.54, 1.807) is 0 Å². The fraction of sp³-hybridized carbons (Fsp3) is 0.0233. The van der Waals surface area contributed by atoms with Crippen molar-refractivity contribution in [1.82, 2.24) is 4.57 Å². The SMILES string of the molecule is C=N/C(=C1\C(=N/Cn2c3cc4c(cc3c3ccc5ccccc5c32)oc2cc3ccccc3cc24)Oc2ccccc21)c1ccccc1. The number of hydrogen-bond acceptors (Lipinski definition) is 4. The molecule has 0 aliphatic carbocycles. The van der Waals surface area contributed by atoms with Crippen LogP contribution in [0.25, 0.3) is 76.6 Å². The van der Waals surface area contributed by atoms with Crippen LogP contribution >= 0.6 is 0 Å². The average Bonchev–Trinajstić information content (AvgIpc) is 3.78. The summed E-state index contributed by atoms with van der Waals surface area (Å²) in [6.45, 7) is 4.29. The van der Waals surface area contributed by atoms with Crippen molar-refractivity contribution in [2.75, 3.05) is 0 Å². The number of benzene rings is 7. The van der Waals surface area contributed by atoms with Gasteiger partial charge in [0.25, 0.3) is 0 Å². The molecule has 226 valence electrons. The van der Waals surface area contributed by atoms with Gasteiger partial charge < -0.3 is 13.7 Å². The van der Waals surface area contributed by atoms with E-state index in [-0.39, 0.29) is 0 Å². The lowest BCUT2D eigenvalue weighted by Gasteiger charge is -2.10. The molecule has 1 aliphatic heterocycles. The number of aromatic nitrogens is 1. The number of aliphatic imine (C=N–C) groups is 2. The summed E-state index contributed by atoms with van der Waals surface area (Å²) in [6.07, 6.45) is 0. The fourth-order valence-corrected chi connectivity index (χ4v) is 7.38. The molecule has 0 radical (unpaired) electrons. The van der Waals surface area contributed by atoms with E-state index < -0.39 is 0 Å². The Bertz CT molecular complexity index is 2850. The molecule has 0 amide bonds. The molecule has 0 bridgehead atoms. The van der Waals surface area contributed by atoms with Crippen LogP contribution in [0.15, 0.2) is 154 Å². The highest BCUT2D eigenvalue weighted by Gasteiger charge is 2.29. The van der Waals surface area contributed by atoms with Crippen molar-refractivity contribution in [3.8, 4) is 5.75 Å². The molecule has 48 heavy (non-hydrogen) atoms. The first-order valence-electron chi connectivity index (χ1n) is 16.0. The van der Waals surface area contributed by atoms with Crippen molar-refractivity contribution in [3.63, 3.8) is 0 Å². The highest BCUT2D eigenvalue weighted by Crippen LogP contribution is 2.42. The zero-order valence-electron chi connectivity index (χ0n) is 25.9. The Morgan fingerprint density at radius 2 is 1.31 bits per heavy atom. The van der Waals surface area contributed by atoms with Crippen LogP contribution in [0.3, 0.4) is 0 Å². The van der Waals surface area contributed by atoms with E-state index in [1.165, 1.54) is 16.2 Å². The standard InChI is InChI=1S/C43H27N3O2/c1-44-41(27-12-3-2-4-13-27)40-32-17-9-10-18-37(32)48-43(40)45-25-46-36-23-35-34-21-28-14-5-6-15-29(28)22-38(34)47-39(35)24-33(36)31-20-19-26-11-7-8-16-30(26)42(31)46/h2-24H,1,25H2/b41-40-,45-43+. The Kier molecular flexibility index (Phi) is 5.72. The van der Waals surface area contributed by atoms with Gasteiger partial charge in [-0.25, -0.2) is 4.99 Å². The first-order valence-corrected chi connectivity index (χ1v) is 16.0. The molecular formula is C43H27N3O2. The monoisotopic (exact) mass is 617 g/mol. The van der Waals surface area contributed by atoms with E-state index in [1.807, 2.05) is 48.5 Å². The number of hydrogen-bond donors (Lipinski definition) is 0. The van der Waals surface area contributed by atoms with Crippen LogP contribution in [0, 0.1) is 0 Å². The van der Waals surface area contributed by atoms with Crippen LogP contribution in [0.4, 0.5) is 0 Å². The summed E-state index contributed by atoms with van der Waals surface area (Å²) in [7, 11) is 0. The normalized spacial score (nSPS) is 14.9. The summed E-state index contributed by atoms with van der Waals surface area (Å²) in [6, 6.07) is 48.3. The third-order valence-electron chi connectivity index (χ3n) is 9.58. The van der Waals surface area contributed by atoms with Crippen LogP contribution in [-0.4, -0.2) is 17.2 Å². The van der Waals surface area contributed by atoms with Crippen LogP contribution in [0.5, 0.6) is 5.75 Å². The highest BCUT2D eigenvalue weighted by molar-refractivity contribution is 6.31. The topological polar surface area (TPSA) is 52.0 Å². The van der Waals surface area contributed by atoms with Crippen LogP contribution in [0.2, 0.25) is 0 Å². The number of fused-ring (bicyclic) bond motifs is 10. The fourth-order valence-electron chi connectivity index (χ4n) is 7.38. The summed E-state index contributed by atoms with van der Waals surface area (Å²) in [5.74, 6) is 1.29. The predicted octanol–water partition coefficient (Wildman–Crippen LogP) is 11.0. The lowest BCUT2D eigenvalue weighted by atomic mass is 10.0. The van der Waals surface area contributed by atoms with E-state index in [0.29, 0.717) is 12.6 Å². The zero-order valence-corrected chi connectivity index (χ0v) is 25.9. The smallest absolute Gasteiger partial charge is 0.226 e. The molecule has 0 spiro atoms. The molecule has 0 fully saturated rings. The van der Waals surface area contributed by atoms with Crippen molar-refractivity contribution in [2.24, 2.45) is 9.98 Å². The summed E-state index contributed by atoms with van der Waals surface area (Å²) in [5, 5.41) is 9.15. The molecule has 1 aliphatic rings. The Balaban J connectivity index is 1.24. The summed E-state index contributed by atoms with van der Waals surface area (Å²) in [5.41, 5.74) is 7.46. The van der Waals surface area contributed by atoms with Gasteiger partial charge in [-0.3, -0.25) is 4.99 Å². The van der Waals surface area contributed by atoms with Gasteiger partial charge in [0, 0.05) is 38.1 Å². The van der Waals surface area contributed by atoms with Crippen molar-refractivity contribution < 1.29 is 9.15 Å². The van der Waals surface area contributed by atoms with Crippen LogP contribution in [0.1, 0.15) is 11.1 Å². The number of nitrogens with zero attached hydrogens (tertiary/aromatic N) is 3. The van der Waals surface area contributed by atoms with Gasteiger partial charge in [0.05, 0.1) is 22.3 Å². The molecule has 0 unspecified atom stereocenters. The van der Waals surface area contributed by atoms with Gasteiger partial charge in [0.1, 0.15) is 23.6 Å². The molecule has 0 atom stereocenters. The Morgan fingerprint density at radius 3 is 2.17 bits per heavy atom. The second-order valence-electron chi connectivity index (χ2n) is 12.2. The maximum absolute atomic E-state index is 6.51. The molecule has 5 nitrogen and oxygen atoms in total. The molecule has 2 aromatic heterocycles. The average molecular weight is 618 g/mol. The lowest BCUT2D eigenvalue weighted by Crippen LogP contribution is -2.07. The quantitative estimate of drug-likeness (QED) is 0.185. The summed E-state index contributed by atoms with van der Waals surface area (Å²) in [4.78, 5) is 9.73. The Morgan fingerprint density at radius 1 is 0.604 bits per heavy atom. The number of para-hydroxylation sites is 1. The number of ether oxygens (including phenoxy) is 1. The lowest BCUT2D eigenvalue weighted by molar-refractivity contribution is 0.561. The molecule has 0 saturated heterocycles. The minimum absolute atomic E-state index is 0.338. The van der Waals surface area contributed by atoms with E-state index in [0.717, 1.165) is 77.3 Å². The second-order valence-corrected chi connectivity index (χ2v) is 12.2. The van der Waals surface area contributed by atoms with Gasteiger partial charge >= 0.3 is 0 Å². The molecule has 3 heterocycles. The summed E-state index contributed by atoms with van der Waals surface area (Å²) < 4.78 is 15.3. The predicted molar refractivity (Wildman–Crippen MR) is 199 cm³/mol. The molecule has 7 aromatic carbocycles. The maximum Gasteiger partial charge on any atom is 0.226 e. The molecule has 0 saturated carbocycles. The van der Waals surface area contributed by atoms with Crippen molar-refractivity contribution in [2.45, 2.75) is 6.67 Å². The third-order valence-corrected chi connectivity index (χ3v) is 9.58. The molecule has 5 heteroatoms. The summed E-state index contributed by atoms with van der Waals surface area (Å²) >= 11 is 0. The van der Waals surface area contributed by atoms with Crippen molar-refractivity contribution >= 4 is 89.2 Å². The minimum Gasteiger partial charge on any atom is -0.456 e. The highest BCUT2D eigenvalue weighted by atomic mass is 16.5. The molecule has 10 rings (SSSR count).